The second-order valence-electron chi connectivity index (χ2n) is 4.05. The molecule has 0 atom stereocenters. The summed E-state index contributed by atoms with van der Waals surface area (Å²) >= 11 is 3.34. The van der Waals surface area contributed by atoms with Crippen LogP contribution in [0.5, 0.6) is 0 Å². The summed E-state index contributed by atoms with van der Waals surface area (Å²) in [5.41, 5.74) is 1.21. The highest BCUT2D eigenvalue weighted by Gasteiger charge is 2.23. The average molecular weight is 325 g/mol. The summed E-state index contributed by atoms with van der Waals surface area (Å²) in [7, 11) is 0. The highest BCUT2D eigenvalue weighted by molar-refractivity contribution is 9.08. The molecular weight excluding hydrogens is 312 g/mol. The van der Waals surface area contributed by atoms with E-state index >= 15 is 0 Å². The molecule has 0 spiro atoms. The van der Waals surface area contributed by atoms with Crippen molar-refractivity contribution in [3.05, 3.63) is 39.7 Å². The van der Waals surface area contributed by atoms with Gasteiger partial charge >= 0.3 is 0 Å². The third-order valence-corrected chi connectivity index (χ3v) is 3.43. The van der Waals surface area contributed by atoms with Crippen molar-refractivity contribution in [2.24, 2.45) is 0 Å². The first-order valence-corrected chi connectivity index (χ1v) is 6.94. The normalized spacial score (nSPS) is 10.7. The molecule has 2 rings (SSSR count). The Morgan fingerprint density at radius 1 is 1.42 bits per heavy atom. The summed E-state index contributed by atoms with van der Waals surface area (Å²) in [5.74, 6) is 1.29. The highest BCUT2D eigenvalue weighted by Crippen LogP contribution is 2.31. The van der Waals surface area contributed by atoms with Gasteiger partial charge in [0.05, 0.1) is 15.8 Å². The number of halogens is 1. The van der Waals surface area contributed by atoms with Crippen LogP contribution in [0.4, 0.5) is 5.69 Å². The van der Waals surface area contributed by atoms with Crippen LogP contribution in [0.15, 0.2) is 18.2 Å². The van der Waals surface area contributed by atoms with E-state index in [4.69, 9.17) is 0 Å². The molecule has 0 radical (unpaired) electrons. The monoisotopic (exact) mass is 324 g/mol. The molecule has 0 saturated heterocycles. The Bertz CT molecular complexity index is 624. The van der Waals surface area contributed by atoms with E-state index in [0.717, 1.165) is 5.82 Å². The molecule has 0 amide bonds. The number of hydrogen-bond acceptors (Lipinski definition) is 4. The molecule has 0 aliphatic heterocycles. The number of para-hydroxylation sites is 1. The number of rotatable bonds is 4. The van der Waals surface area contributed by atoms with E-state index in [0.29, 0.717) is 28.8 Å². The van der Waals surface area contributed by atoms with Gasteiger partial charge in [0.25, 0.3) is 5.69 Å². The maximum absolute atomic E-state index is 11.2. The van der Waals surface area contributed by atoms with Gasteiger partial charge in [0.15, 0.2) is 5.82 Å². The minimum atomic E-state index is -0.368. The number of alkyl halides is 1. The molecule has 19 heavy (non-hydrogen) atoms. The van der Waals surface area contributed by atoms with E-state index in [1.165, 1.54) is 0 Å². The summed E-state index contributed by atoms with van der Waals surface area (Å²) in [6.45, 7) is 4.34. The fourth-order valence-corrected chi connectivity index (χ4v) is 2.46. The van der Waals surface area contributed by atoms with E-state index in [9.17, 15) is 10.1 Å². The van der Waals surface area contributed by atoms with Gasteiger partial charge in [-0.1, -0.05) is 28.1 Å². The Morgan fingerprint density at radius 3 is 2.74 bits per heavy atom. The molecule has 0 aliphatic carbocycles. The fourth-order valence-electron chi connectivity index (χ4n) is 2.05. The van der Waals surface area contributed by atoms with Gasteiger partial charge in [0.2, 0.25) is 0 Å². The fraction of sp³-hybridized carbons (Fsp3) is 0.333. The van der Waals surface area contributed by atoms with Gasteiger partial charge in [0.1, 0.15) is 5.82 Å². The zero-order valence-corrected chi connectivity index (χ0v) is 12.2. The summed E-state index contributed by atoms with van der Waals surface area (Å²) in [6, 6.07) is 5.22. The van der Waals surface area contributed by atoms with Crippen LogP contribution in [0.25, 0.3) is 11.4 Å². The molecule has 0 saturated carbocycles. The van der Waals surface area contributed by atoms with Crippen molar-refractivity contribution in [1.82, 2.24) is 14.8 Å². The highest BCUT2D eigenvalue weighted by atomic mass is 79.9. The van der Waals surface area contributed by atoms with Crippen LogP contribution in [0, 0.1) is 17.0 Å². The Balaban J connectivity index is 2.69. The predicted molar refractivity (Wildman–Crippen MR) is 75.2 cm³/mol. The number of benzene rings is 1. The van der Waals surface area contributed by atoms with Gasteiger partial charge in [-0.2, -0.15) is 0 Å². The van der Waals surface area contributed by atoms with Crippen LogP contribution in [0.1, 0.15) is 18.3 Å². The average Bonchev–Trinajstić information content (AvgIpc) is 2.80. The summed E-state index contributed by atoms with van der Waals surface area (Å²) < 4.78 is 1.87. The Labute approximate surface area is 118 Å². The van der Waals surface area contributed by atoms with Crippen LogP contribution < -0.4 is 0 Å². The molecule has 0 bridgehead atoms. The van der Waals surface area contributed by atoms with Crippen molar-refractivity contribution in [1.29, 1.82) is 0 Å². The third kappa shape index (κ3) is 2.37. The van der Waals surface area contributed by atoms with Crippen LogP contribution in [-0.2, 0) is 11.9 Å². The Hall–Kier alpha value is -1.76. The van der Waals surface area contributed by atoms with E-state index in [-0.39, 0.29) is 10.6 Å². The molecule has 1 aromatic carbocycles. The van der Waals surface area contributed by atoms with Gasteiger partial charge in [-0.15, -0.1) is 10.2 Å². The molecule has 6 nitrogen and oxygen atoms in total. The molecule has 0 aliphatic rings. The number of aryl methyl sites for hydroxylation is 1. The van der Waals surface area contributed by atoms with Crippen LogP contribution >= 0.6 is 15.9 Å². The maximum atomic E-state index is 11.2. The first kappa shape index (κ1) is 13.7. The minimum Gasteiger partial charge on any atom is -0.310 e. The lowest BCUT2D eigenvalue weighted by atomic mass is 10.1. The smallest absolute Gasteiger partial charge is 0.283 e. The number of hydrogen-bond donors (Lipinski definition) is 0. The number of nitro groups is 1. The first-order chi connectivity index (χ1) is 9.10. The SMILES string of the molecule is CCn1c(CBr)nnc1-c1cccc(C)c1[N+](=O)[O-]. The largest absolute Gasteiger partial charge is 0.310 e. The number of aromatic nitrogens is 3. The predicted octanol–water partition coefficient (Wildman–Crippen LogP) is 3.08. The van der Waals surface area contributed by atoms with Crippen molar-refractivity contribution in [2.75, 3.05) is 0 Å². The second-order valence-corrected chi connectivity index (χ2v) is 4.61. The van der Waals surface area contributed by atoms with Crippen LogP contribution in [-0.4, -0.2) is 19.7 Å². The molecule has 7 heteroatoms. The molecule has 0 fully saturated rings. The van der Waals surface area contributed by atoms with E-state index in [1.807, 2.05) is 11.5 Å². The van der Waals surface area contributed by atoms with Crippen molar-refractivity contribution < 1.29 is 4.92 Å². The Morgan fingerprint density at radius 2 is 2.16 bits per heavy atom. The van der Waals surface area contributed by atoms with Crippen molar-refractivity contribution in [3.63, 3.8) is 0 Å². The zero-order chi connectivity index (χ0) is 14.0. The van der Waals surface area contributed by atoms with E-state index in [1.54, 1.807) is 25.1 Å². The first-order valence-electron chi connectivity index (χ1n) is 5.82. The maximum Gasteiger partial charge on any atom is 0.283 e. The Kier molecular flexibility index (Phi) is 3.94. The lowest BCUT2D eigenvalue weighted by Crippen LogP contribution is -2.04. The number of nitro benzene ring substituents is 1. The van der Waals surface area contributed by atoms with Crippen molar-refractivity contribution >= 4 is 21.6 Å². The third-order valence-electron chi connectivity index (χ3n) is 2.92. The lowest BCUT2D eigenvalue weighted by molar-refractivity contribution is -0.384. The minimum absolute atomic E-state index is 0.0886. The van der Waals surface area contributed by atoms with Crippen molar-refractivity contribution in [2.45, 2.75) is 25.7 Å². The molecule has 0 unspecified atom stereocenters. The van der Waals surface area contributed by atoms with E-state index < -0.39 is 0 Å². The van der Waals surface area contributed by atoms with Crippen LogP contribution in [0.3, 0.4) is 0 Å². The molecular formula is C12H13BrN4O2. The van der Waals surface area contributed by atoms with Gasteiger partial charge in [-0.25, -0.2) is 0 Å². The summed E-state index contributed by atoms with van der Waals surface area (Å²) in [5, 5.41) is 19.9. The molecule has 1 aromatic heterocycles. The molecule has 2 aromatic rings. The zero-order valence-electron chi connectivity index (χ0n) is 10.6. The standard InChI is InChI=1S/C12H13BrN4O2/c1-3-16-10(7-13)14-15-12(16)9-6-4-5-8(2)11(9)17(18)19/h4-6H,3,7H2,1-2H3. The van der Waals surface area contributed by atoms with Crippen molar-refractivity contribution in [3.8, 4) is 11.4 Å². The summed E-state index contributed by atoms with van der Waals surface area (Å²) in [4.78, 5) is 10.9. The second kappa shape index (κ2) is 5.48. The van der Waals surface area contributed by atoms with Gasteiger partial charge in [-0.3, -0.25) is 10.1 Å². The van der Waals surface area contributed by atoms with Gasteiger partial charge in [-0.05, 0) is 19.9 Å². The molecule has 100 valence electrons. The number of nitrogens with zero attached hydrogens (tertiary/aromatic N) is 4. The van der Waals surface area contributed by atoms with Gasteiger partial charge in [0, 0.05) is 12.1 Å². The quantitative estimate of drug-likeness (QED) is 0.492. The molecule has 0 N–H and O–H groups in total. The lowest BCUT2D eigenvalue weighted by Gasteiger charge is -2.07. The summed E-state index contributed by atoms with van der Waals surface area (Å²) in [6.07, 6.45) is 0. The molecule has 1 heterocycles. The topological polar surface area (TPSA) is 73.8 Å². The van der Waals surface area contributed by atoms with Crippen LogP contribution in [0.2, 0.25) is 0 Å². The van der Waals surface area contributed by atoms with Gasteiger partial charge < -0.3 is 4.57 Å². The van der Waals surface area contributed by atoms with E-state index in [2.05, 4.69) is 26.1 Å².